The van der Waals surface area contributed by atoms with E-state index in [4.69, 9.17) is 16.3 Å². The van der Waals surface area contributed by atoms with Crippen molar-refractivity contribution in [3.05, 3.63) is 100 Å². The van der Waals surface area contributed by atoms with E-state index in [-0.39, 0.29) is 5.91 Å². The van der Waals surface area contributed by atoms with E-state index in [9.17, 15) is 4.79 Å². The Morgan fingerprint density at radius 1 is 1.07 bits per heavy atom. The van der Waals surface area contributed by atoms with Gasteiger partial charge in [0.15, 0.2) is 0 Å². The fraction of sp³-hybridized carbons (Fsp3) is 0.0833. The zero-order valence-corrected chi connectivity index (χ0v) is 17.8. The maximum absolute atomic E-state index is 12.5. The zero-order valence-electron chi connectivity index (χ0n) is 16.3. The van der Waals surface area contributed by atoms with Crippen LogP contribution in [0.2, 0.25) is 5.02 Å². The van der Waals surface area contributed by atoms with Gasteiger partial charge in [-0.2, -0.15) is 0 Å². The molecular formula is C24H19ClN2O2S. The molecule has 0 aliphatic heterocycles. The number of nitrogens with zero attached hydrogens (tertiary/aromatic N) is 1. The van der Waals surface area contributed by atoms with Gasteiger partial charge in [-0.1, -0.05) is 48.0 Å². The lowest BCUT2D eigenvalue weighted by Gasteiger charge is -2.07. The first kappa shape index (κ1) is 20.1. The van der Waals surface area contributed by atoms with Crippen LogP contribution in [0.5, 0.6) is 5.75 Å². The number of nitrogens with one attached hydrogen (secondary N) is 1. The molecule has 4 nitrogen and oxygen atoms in total. The van der Waals surface area contributed by atoms with Crippen molar-refractivity contribution in [1.29, 1.82) is 0 Å². The van der Waals surface area contributed by atoms with Crippen LogP contribution in [0.1, 0.15) is 21.6 Å². The predicted octanol–water partition coefficient (Wildman–Crippen LogP) is 6.60. The molecule has 0 saturated carbocycles. The molecule has 0 fully saturated rings. The molecule has 4 rings (SSSR count). The van der Waals surface area contributed by atoms with Crippen molar-refractivity contribution in [1.82, 2.24) is 4.98 Å². The molecular weight excluding hydrogens is 416 g/mol. The second-order valence-electron chi connectivity index (χ2n) is 6.80. The van der Waals surface area contributed by atoms with Crippen LogP contribution in [-0.4, -0.2) is 10.9 Å². The summed E-state index contributed by atoms with van der Waals surface area (Å²) in [5.74, 6) is 0.515. The van der Waals surface area contributed by atoms with Gasteiger partial charge in [0, 0.05) is 21.7 Å². The van der Waals surface area contributed by atoms with Crippen LogP contribution in [0.3, 0.4) is 0 Å². The molecule has 1 heterocycles. The number of rotatable bonds is 6. The first-order valence-electron chi connectivity index (χ1n) is 9.38. The summed E-state index contributed by atoms with van der Waals surface area (Å²) in [6.45, 7) is 2.43. The molecule has 4 aromatic rings. The molecule has 0 aliphatic carbocycles. The van der Waals surface area contributed by atoms with Gasteiger partial charge in [0.2, 0.25) is 0 Å². The largest absolute Gasteiger partial charge is 0.489 e. The van der Waals surface area contributed by atoms with Crippen LogP contribution in [0.4, 0.5) is 5.69 Å². The van der Waals surface area contributed by atoms with Crippen LogP contribution < -0.4 is 10.1 Å². The molecule has 1 N–H and O–H groups in total. The second-order valence-corrected chi connectivity index (χ2v) is 8.10. The summed E-state index contributed by atoms with van der Waals surface area (Å²) in [4.78, 5) is 17.0. The number of benzene rings is 3. The van der Waals surface area contributed by atoms with E-state index < -0.39 is 0 Å². The summed E-state index contributed by atoms with van der Waals surface area (Å²) in [6.07, 6.45) is 0. The lowest BCUT2D eigenvalue weighted by molar-refractivity contribution is 0.102. The van der Waals surface area contributed by atoms with Crippen molar-refractivity contribution in [2.24, 2.45) is 0 Å². The molecule has 3 aromatic carbocycles. The highest BCUT2D eigenvalue weighted by molar-refractivity contribution is 7.13. The molecule has 0 spiro atoms. The number of halogens is 1. The number of aryl methyl sites for hydroxylation is 1. The van der Waals surface area contributed by atoms with Gasteiger partial charge in [-0.3, -0.25) is 4.79 Å². The van der Waals surface area contributed by atoms with Gasteiger partial charge in [0.25, 0.3) is 5.91 Å². The highest BCUT2D eigenvalue weighted by atomic mass is 35.5. The average molecular weight is 435 g/mol. The van der Waals surface area contributed by atoms with Crippen LogP contribution >= 0.6 is 22.9 Å². The Morgan fingerprint density at radius 2 is 1.87 bits per heavy atom. The van der Waals surface area contributed by atoms with Crippen molar-refractivity contribution < 1.29 is 9.53 Å². The van der Waals surface area contributed by atoms with Gasteiger partial charge in [-0.05, 0) is 54.4 Å². The van der Waals surface area contributed by atoms with E-state index >= 15 is 0 Å². The summed E-state index contributed by atoms with van der Waals surface area (Å²) in [6, 6.07) is 22.9. The van der Waals surface area contributed by atoms with Crippen molar-refractivity contribution in [2.45, 2.75) is 13.5 Å². The number of hydrogen-bond donors (Lipinski definition) is 1. The quantitative estimate of drug-likeness (QED) is 0.371. The van der Waals surface area contributed by atoms with Crippen molar-refractivity contribution in [2.75, 3.05) is 5.32 Å². The molecule has 30 heavy (non-hydrogen) atoms. The SMILES string of the molecule is Cc1cccc(NC(=O)c2csc(-c3cccc(OCc4ccc(Cl)cc4)c3)n2)c1. The highest BCUT2D eigenvalue weighted by Crippen LogP contribution is 2.28. The van der Waals surface area contributed by atoms with E-state index in [2.05, 4.69) is 10.3 Å². The van der Waals surface area contributed by atoms with Crippen LogP contribution in [0, 0.1) is 6.92 Å². The van der Waals surface area contributed by atoms with E-state index in [1.807, 2.05) is 79.7 Å². The fourth-order valence-electron chi connectivity index (χ4n) is 2.89. The zero-order chi connectivity index (χ0) is 20.9. The van der Waals surface area contributed by atoms with E-state index in [0.717, 1.165) is 33.1 Å². The normalized spacial score (nSPS) is 10.6. The van der Waals surface area contributed by atoms with Crippen LogP contribution in [-0.2, 0) is 6.61 Å². The molecule has 1 amide bonds. The average Bonchev–Trinajstić information content (AvgIpc) is 3.24. The van der Waals surface area contributed by atoms with Gasteiger partial charge in [-0.25, -0.2) is 4.98 Å². The van der Waals surface area contributed by atoms with Crippen LogP contribution in [0.15, 0.2) is 78.2 Å². The fourth-order valence-corrected chi connectivity index (χ4v) is 3.82. The highest BCUT2D eigenvalue weighted by Gasteiger charge is 2.13. The van der Waals surface area contributed by atoms with E-state index in [0.29, 0.717) is 17.3 Å². The molecule has 0 radical (unpaired) electrons. The third kappa shape index (κ3) is 5.06. The summed E-state index contributed by atoms with van der Waals surface area (Å²) < 4.78 is 5.89. The molecule has 6 heteroatoms. The monoisotopic (exact) mass is 434 g/mol. The Kier molecular flexibility index (Phi) is 6.12. The number of amides is 1. The number of anilines is 1. The Bertz CT molecular complexity index is 1170. The molecule has 0 atom stereocenters. The Hall–Kier alpha value is -3.15. The molecule has 1 aromatic heterocycles. The maximum atomic E-state index is 12.5. The summed E-state index contributed by atoms with van der Waals surface area (Å²) >= 11 is 7.35. The number of carbonyl (C=O) groups excluding carboxylic acids is 1. The Balaban J connectivity index is 1.44. The van der Waals surface area contributed by atoms with Gasteiger partial charge in [0.05, 0.1) is 0 Å². The molecule has 150 valence electrons. The number of carbonyl (C=O) groups is 1. The Morgan fingerprint density at radius 3 is 2.67 bits per heavy atom. The van der Waals surface area contributed by atoms with Gasteiger partial charge < -0.3 is 10.1 Å². The van der Waals surface area contributed by atoms with E-state index in [1.165, 1.54) is 11.3 Å². The van der Waals surface area contributed by atoms with Gasteiger partial charge >= 0.3 is 0 Å². The van der Waals surface area contributed by atoms with Gasteiger partial charge in [0.1, 0.15) is 23.1 Å². The standard InChI is InChI=1S/C24H19ClN2O2S/c1-16-4-2-6-20(12-16)26-23(28)22-15-30-24(27-22)18-5-3-7-21(13-18)29-14-17-8-10-19(25)11-9-17/h2-13,15H,14H2,1H3,(H,26,28). The number of thiazole rings is 1. The minimum atomic E-state index is -0.224. The second kappa shape index (κ2) is 9.11. The third-order valence-corrected chi connectivity index (χ3v) is 5.56. The van der Waals surface area contributed by atoms with Crippen molar-refractivity contribution >= 4 is 34.5 Å². The topological polar surface area (TPSA) is 51.2 Å². The molecule has 0 aliphatic rings. The smallest absolute Gasteiger partial charge is 0.275 e. The number of aromatic nitrogens is 1. The third-order valence-electron chi connectivity index (χ3n) is 4.41. The lowest BCUT2D eigenvalue weighted by Crippen LogP contribution is -2.12. The van der Waals surface area contributed by atoms with Crippen molar-refractivity contribution in [3.8, 4) is 16.3 Å². The summed E-state index contributed by atoms with van der Waals surface area (Å²) in [7, 11) is 0. The first-order valence-corrected chi connectivity index (χ1v) is 10.6. The van der Waals surface area contributed by atoms with Crippen LogP contribution in [0.25, 0.3) is 10.6 Å². The minimum Gasteiger partial charge on any atom is -0.489 e. The summed E-state index contributed by atoms with van der Waals surface area (Å²) in [5.41, 5.74) is 4.18. The van der Waals surface area contributed by atoms with E-state index in [1.54, 1.807) is 5.38 Å². The van der Waals surface area contributed by atoms with Gasteiger partial charge in [-0.15, -0.1) is 11.3 Å². The Labute approximate surface area is 184 Å². The predicted molar refractivity (Wildman–Crippen MR) is 122 cm³/mol. The lowest BCUT2D eigenvalue weighted by atomic mass is 10.2. The minimum absolute atomic E-state index is 0.224. The first-order chi connectivity index (χ1) is 14.6. The van der Waals surface area contributed by atoms with Crippen molar-refractivity contribution in [3.63, 3.8) is 0 Å². The number of hydrogen-bond acceptors (Lipinski definition) is 4. The molecule has 0 bridgehead atoms. The number of ether oxygens (including phenoxy) is 1. The summed E-state index contributed by atoms with van der Waals surface area (Å²) in [5, 5.41) is 6.12. The maximum Gasteiger partial charge on any atom is 0.275 e. The molecule has 0 saturated heterocycles. The molecule has 0 unspecified atom stereocenters.